The van der Waals surface area contributed by atoms with Gasteiger partial charge in [-0.2, -0.15) is 0 Å². The first kappa shape index (κ1) is 20.0. The molecule has 1 aliphatic heterocycles. The van der Waals surface area contributed by atoms with E-state index < -0.39 is 14.6 Å². The third-order valence-electron chi connectivity index (χ3n) is 4.45. The fourth-order valence-electron chi connectivity index (χ4n) is 2.77. The van der Waals surface area contributed by atoms with Crippen LogP contribution in [0.5, 0.6) is 0 Å². The van der Waals surface area contributed by atoms with Crippen LogP contribution in [0.25, 0.3) is 0 Å². The van der Waals surface area contributed by atoms with Crippen LogP contribution in [0, 0.1) is 0 Å². The molecule has 0 unspecified atom stereocenters. The number of halogens is 1. The summed E-state index contributed by atoms with van der Waals surface area (Å²) in [6.07, 6.45) is 2.29. The minimum absolute atomic E-state index is 0.321. The maximum Gasteiger partial charge on any atom is 0.191 e. The molecular weight excluding hydrogens is 362 g/mol. The molecule has 1 aliphatic rings. The number of hydrogen-bond acceptors (Lipinski definition) is 4. The van der Waals surface area contributed by atoms with Crippen LogP contribution >= 0.6 is 11.6 Å². The summed E-state index contributed by atoms with van der Waals surface area (Å²) in [5.74, 6) is 0.604. The van der Waals surface area contributed by atoms with Crippen LogP contribution in [0.15, 0.2) is 29.3 Å². The van der Waals surface area contributed by atoms with E-state index in [9.17, 15) is 8.42 Å². The fourth-order valence-corrected chi connectivity index (χ4v) is 4.14. The van der Waals surface area contributed by atoms with Crippen molar-refractivity contribution < 1.29 is 13.2 Å². The third kappa shape index (κ3) is 5.59. The molecule has 2 N–H and O–H groups in total. The van der Waals surface area contributed by atoms with E-state index in [2.05, 4.69) is 15.6 Å². The molecule has 1 heterocycles. The van der Waals surface area contributed by atoms with Gasteiger partial charge in [-0.05, 0) is 37.5 Å². The van der Waals surface area contributed by atoms with Gasteiger partial charge in [-0.3, -0.25) is 0 Å². The minimum Gasteiger partial charge on any atom is -0.381 e. The lowest BCUT2D eigenvalue weighted by molar-refractivity contribution is 0.0756. The van der Waals surface area contributed by atoms with Gasteiger partial charge in [0.2, 0.25) is 0 Å². The first-order valence-electron chi connectivity index (χ1n) is 8.40. The molecule has 0 bridgehead atoms. The molecule has 0 spiro atoms. The summed E-state index contributed by atoms with van der Waals surface area (Å²) in [5.41, 5.74) is 1.03. The van der Waals surface area contributed by atoms with Gasteiger partial charge in [0.15, 0.2) is 15.8 Å². The first-order chi connectivity index (χ1) is 11.9. The Kier molecular flexibility index (Phi) is 7.10. The molecule has 0 aliphatic carbocycles. The smallest absolute Gasteiger partial charge is 0.191 e. The van der Waals surface area contributed by atoms with Crippen LogP contribution in [0.2, 0.25) is 5.02 Å². The number of aliphatic imine (C=N–C) groups is 1. The van der Waals surface area contributed by atoms with Gasteiger partial charge in [-0.25, -0.2) is 13.4 Å². The van der Waals surface area contributed by atoms with Crippen LogP contribution in [-0.4, -0.2) is 51.7 Å². The van der Waals surface area contributed by atoms with Crippen LogP contribution in [0.1, 0.15) is 25.3 Å². The van der Waals surface area contributed by atoms with Crippen molar-refractivity contribution in [1.82, 2.24) is 10.6 Å². The summed E-state index contributed by atoms with van der Waals surface area (Å²) in [6.45, 7) is 4.41. The number of sulfone groups is 1. The molecule has 6 nitrogen and oxygen atoms in total. The predicted octanol–water partition coefficient (Wildman–Crippen LogP) is 1.99. The number of ether oxygens (including phenoxy) is 1. The number of nitrogens with one attached hydrogen (secondary N) is 2. The van der Waals surface area contributed by atoms with Gasteiger partial charge in [0.25, 0.3) is 0 Å². The number of hydrogen-bond donors (Lipinski definition) is 2. The molecule has 8 heteroatoms. The Hall–Kier alpha value is -1.31. The Morgan fingerprint density at radius 3 is 2.44 bits per heavy atom. The third-order valence-corrected chi connectivity index (χ3v) is 6.82. The van der Waals surface area contributed by atoms with Gasteiger partial charge in [0.05, 0.1) is 11.3 Å². The first-order valence-corrected chi connectivity index (χ1v) is 10.7. The Balaban J connectivity index is 2.06. The SMILES string of the molecule is CCNC(=NCc1ccc(Cl)cc1)NCC1(S(C)(=O)=O)CCOCC1. The summed E-state index contributed by atoms with van der Waals surface area (Å²) in [5, 5.41) is 7.04. The maximum absolute atomic E-state index is 12.3. The summed E-state index contributed by atoms with van der Waals surface area (Å²) in [6, 6.07) is 7.50. The zero-order valence-electron chi connectivity index (χ0n) is 14.7. The highest BCUT2D eigenvalue weighted by atomic mass is 35.5. The quantitative estimate of drug-likeness (QED) is 0.576. The van der Waals surface area contributed by atoms with Crippen molar-refractivity contribution in [3.05, 3.63) is 34.9 Å². The normalized spacial score (nSPS) is 18.0. The van der Waals surface area contributed by atoms with E-state index in [4.69, 9.17) is 16.3 Å². The second kappa shape index (κ2) is 8.87. The van der Waals surface area contributed by atoms with Gasteiger partial charge in [0, 0.05) is 37.6 Å². The molecule has 2 rings (SSSR count). The number of nitrogens with zero attached hydrogens (tertiary/aromatic N) is 1. The number of guanidine groups is 1. The van der Waals surface area contributed by atoms with E-state index in [0.717, 1.165) is 5.56 Å². The monoisotopic (exact) mass is 387 g/mol. The van der Waals surface area contributed by atoms with E-state index in [1.807, 2.05) is 31.2 Å². The largest absolute Gasteiger partial charge is 0.381 e. The van der Waals surface area contributed by atoms with Crippen LogP contribution < -0.4 is 10.6 Å². The van der Waals surface area contributed by atoms with Crippen molar-refractivity contribution >= 4 is 27.4 Å². The Morgan fingerprint density at radius 1 is 1.24 bits per heavy atom. The van der Waals surface area contributed by atoms with Gasteiger partial charge >= 0.3 is 0 Å². The zero-order valence-corrected chi connectivity index (χ0v) is 16.3. The summed E-state index contributed by atoms with van der Waals surface area (Å²) in [4.78, 5) is 4.54. The standard InChI is InChI=1S/C17H26ClN3O3S/c1-3-19-16(20-12-14-4-6-15(18)7-5-14)21-13-17(25(2,22)23)8-10-24-11-9-17/h4-7H,3,8-13H2,1-2H3,(H2,19,20,21). The van der Waals surface area contributed by atoms with Crippen molar-refractivity contribution in [3.63, 3.8) is 0 Å². The van der Waals surface area contributed by atoms with E-state index in [1.165, 1.54) is 6.26 Å². The van der Waals surface area contributed by atoms with Gasteiger partial charge < -0.3 is 15.4 Å². The Bertz CT molecular complexity index is 684. The number of benzene rings is 1. The molecule has 0 radical (unpaired) electrons. The summed E-state index contributed by atoms with van der Waals surface area (Å²) in [7, 11) is -3.21. The zero-order chi connectivity index (χ0) is 18.3. The topological polar surface area (TPSA) is 79.8 Å². The van der Waals surface area contributed by atoms with Gasteiger partial charge in [-0.1, -0.05) is 23.7 Å². The van der Waals surface area contributed by atoms with Crippen LogP contribution in [0.3, 0.4) is 0 Å². The second-order valence-corrected chi connectivity index (χ2v) is 9.09. The average Bonchev–Trinajstić information content (AvgIpc) is 2.58. The molecule has 1 aromatic rings. The lowest BCUT2D eigenvalue weighted by Crippen LogP contribution is -2.53. The molecule has 0 amide bonds. The summed E-state index contributed by atoms with van der Waals surface area (Å²) >= 11 is 5.89. The molecular formula is C17H26ClN3O3S. The van der Waals surface area contributed by atoms with Gasteiger partial charge in [-0.15, -0.1) is 0 Å². The number of rotatable bonds is 6. The van der Waals surface area contributed by atoms with Crippen molar-refractivity contribution in [1.29, 1.82) is 0 Å². The predicted molar refractivity (Wildman–Crippen MR) is 102 cm³/mol. The molecule has 140 valence electrons. The highest BCUT2D eigenvalue weighted by Crippen LogP contribution is 2.28. The van der Waals surface area contributed by atoms with Crippen molar-refractivity contribution in [3.8, 4) is 0 Å². The van der Waals surface area contributed by atoms with Crippen molar-refractivity contribution in [2.24, 2.45) is 4.99 Å². The van der Waals surface area contributed by atoms with Crippen molar-refractivity contribution in [2.75, 3.05) is 32.6 Å². The molecule has 1 aromatic carbocycles. The average molecular weight is 388 g/mol. The molecule has 1 saturated heterocycles. The van der Waals surface area contributed by atoms with Crippen molar-refractivity contribution in [2.45, 2.75) is 31.1 Å². The Labute approximate surface area is 154 Å². The molecule has 0 aromatic heterocycles. The summed E-state index contributed by atoms with van der Waals surface area (Å²) < 4.78 is 29.2. The maximum atomic E-state index is 12.3. The Morgan fingerprint density at radius 2 is 1.88 bits per heavy atom. The van der Waals surface area contributed by atoms with E-state index in [0.29, 0.717) is 56.7 Å². The van der Waals surface area contributed by atoms with E-state index >= 15 is 0 Å². The molecule has 0 atom stereocenters. The lowest BCUT2D eigenvalue weighted by Gasteiger charge is -2.35. The molecule has 25 heavy (non-hydrogen) atoms. The lowest BCUT2D eigenvalue weighted by atomic mass is 9.99. The second-order valence-electron chi connectivity index (χ2n) is 6.24. The highest BCUT2D eigenvalue weighted by Gasteiger charge is 2.42. The van der Waals surface area contributed by atoms with Crippen LogP contribution in [-0.2, 0) is 21.1 Å². The fraction of sp³-hybridized carbons (Fsp3) is 0.588. The highest BCUT2D eigenvalue weighted by molar-refractivity contribution is 7.92. The van der Waals surface area contributed by atoms with E-state index in [-0.39, 0.29) is 0 Å². The van der Waals surface area contributed by atoms with E-state index in [1.54, 1.807) is 0 Å². The molecule has 0 saturated carbocycles. The van der Waals surface area contributed by atoms with Gasteiger partial charge in [0.1, 0.15) is 0 Å². The minimum atomic E-state index is -3.21. The molecule has 1 fully saturated rings. The van der Waals surface area contributed by atoms with Crippen LogP contribution in [0.4, 0.5) is 0 Å².